The molecule has 2 rings (SSSR count). The molecular formula is C13H17N3S. The van der Waals surface area contributed by atoms with Crippen LogP contribution in [0, 0.1) is 0 Å². The van der Waals surface area contributed by atoms with Crippen molar-refractivity contribution in [1.29, 1.82) is 0 Å². The second kappa shape index (κ2) is 4.55. The van der Waals surface area contributed by atoms with Crippen LogP contribution in [0.15, 0.2) is 24.3 Å². The van der Waals surface area contributed by atoms with Crippen LogP contribution in [-0.2, 0) is 12.0 Å². The quantitative estimate of drug-likeness (QED) is 0.887. The molecular weight excluding hydrogens is 230 g/mol. The summed E-state index contributed by atoms with van der Waals surface area (Å²) < 4.78 is 0. The summed E-state index contributed by atoms with van der Waals surface area (Å²) in [6, 6.07) is 8.35. The molecule has 2 N–H and O–H groups in total. The summed E-state index contributed by atoms with van der Waals surface area (Å²) in [5, 5.41) is 10.1. The molecule has 3 nitrogen and oxygen atoms in total. The standard InChI is InChI=1S/C13H17N3S/c1-13(2,3)10-7-5-4-6-9(10)12-16-15-11(8-14)17-12/h4-7H,8,14H2,1-3H3. The van der Waals surface area contributed by atoms with E-state index in [1.807, 2.05) is 6.07 Å². The van der Waals surface area contributed by atoms with Gasteiger partial charge < -0.3 is 5.73 Å². The summed E-state index contributed by atoms with van der Waals surface area (Å²) in [6.45, 7) is 7.07. The molecule has 0 fully saturated rings. The predicted octanol–water partition coefficient (Wildman–Crippen LogP) is 2.96. The molecule has 0 aliphatic heterocycles. The van der Waals surface area contributed by atoms with Crippen LogP contribution in [-0.4, -0.2) is 10.2 Å². The molecule has 0 saturated heterocycles. The van der Waals surface area contributed by atoms with Crippen molar-refractivity contribution >= 4 is 11.3 Å². The Bertz CT molecular complexity index is 511. The number of nitrogens with zero attached hydrogens (tertiary/aromatic N) is 2. The second-order valence-electron chi connectivity index (χ2n) is 5.00. The van der Waals surface area contributed by atoms with Gasteiger partial charge in [0.05, 0.1) is 0 Å². The Kier molecular flexibility index (Phi) is 3.26. The molecule has 4 heteroatoms. The van der Waals surface area contributed by atoms with E-state index in [-0.39, 0.29) is 5.41 Å². The summed E-state index contributed by atoms with van der Waals surface area (Å²) in [7, 11) is 0. The molecule has 17 heavy (non-hydrogen) atoms. The van der Waals surface area contributed by atoms with E-state index in [9.17, 15) is 0 Å². The molecule has 0 bridgehead atoms. The first-order chi connectivity index (χ1) is 8.02. The number of benzene rings is 1. The molecule has 0 aliphatic carbocycles. The number of nitrogens with two attached hydrogens (primary N) is 1. The minimum Gasteiger partial charge on any atom is -0.324 e. The van der Waals surface area contributed by atoms with Gasteiger partial charge in [0.25, 0.3) is 0 Å². The number of aromatic nitrogens is 2. The van der Waals surface area contributed by atoms with Crippen molar-refractivity contribution < 1.29 is 0 Å². The molecule has 0 saturated carbocycles. The zero-order valence-electron chi connectivity index (χ0n) is 10.4. The smallest absolute Gasteiger partial charge is 0.148 e. The molecule has 0 unspecified atom stereocenters. The maximum Gasteiger partial charge on any atom is 0.148 e. The highest BCUT2D eigenvalue weighted by Crippen LogP contribution is 2.34. The second-order valence-corrected chi connectivity index (χ2v) is 6.06. The molecule has 1 heterocycles. The van der Waals surface area contributed by atoms with Gasteiger partial charge in [-0.05, 0) is 11.0 Å². The fourth-order valence-corrected chi connectivity index (χ4v) is 2.53. The van der Waals surface area contributed by atoms with Gasteiger partial charge in [0.2, 0.25) is 0 Å². The van der Waals surface area contributed by atoms with Crippen molar-refractivity contribution in [2.75, 3.05) is 0 Å². The molecule has 1 aromatic heterocycles. The van der Waals surface area contributed by atoms with Crippen LogP contribution >= 0.6 is 11.3 Å². The Balaban J connectivity index is 2.52. The minimum absolute atomic E-state index is 0.102. The molecule has 90 valence electrons. The topological polar surface area (TPSA) is 51.8 Å². The van der Waals surface area contributed by atoms with Crippen molar-refractivity contribution in [3.05, 3.63) is 34.8 Å². The highest BCUT2D eigenvalue weighted by atomic mass is 32.1. The lowest BCUT2D eigenvalue weighted by atomic mass is 9.84. The van der Waals surface area contributed by atoms with E-state index >= 15 is 0 Å². The average Bonchev–Trinajstić information content (AvgIpc) is 2.76. The van der Waals surface area contributed by atoms with Crippen molar-refractivity contribution in [1.82, 2.24) is 10.2 Å². The van der Waals surface area contributed by atoms with Gasteiger partial charge in [-0.1, -0.05) is 56.4 Å². The lowest BCUT2D eigenvalue weighted by Crippen LogP contribution is -2.12. The Morgan fingerprint density at radius 3 is 2.47 bits per heavy atom. The van der Waals surface area contributed by atoms with E-state index in [2.05, 4.69) is 49.2 Å². The number of hydrogen-bond donors (Lipinski definition) is 1. The number of rotatable bonds is 2. The fourth-order valence-electron chi connectivity index (χ4n) is 1.77. The lowest BCUT2D eigenvalue weighted by molar-refractivity contribution is 0.592. The first kappa shape index (κ1) is 12.2. The lowest BCUT2D eigenvalue weighted by Gasteiger charge is -2.21. The van der Waals surface area contributed by atoms with E-state index in [0.29, 0.717) is 6.54 Å². The van der Waals surface area contributed by atoms with Crippen LogP contribution < -0.4 is 5.73 Å². The van der Waals surface area contributed by atoms with Gasteiger partial charge in [-0.3, -0.25) is 0 Å². The van der Waals surface area contributed by atoms with Gasteiger partial charge in [0.1, 0.15) is 10.0 Å². The van der Waals surface area contributed by atoms with E-state index in [1.165, 1.54) is 5.56 Å². The van der Waals surface area contributed by atoms with Gasteiger partial charge in [-0.2, -0.15) is 0 Å². The molecule has 0 atom stereocenters. The largest absolute Gasteiger partial charge is 0.324 e. The zero-order valence-corrected chi connectivity index (χ0v) is 11.2. The van der Waals surface area contributed by atoms with E-state index in [0.717, 1.165) is 15.6 Å². The third-order valence-corrected chi connectivity index (χ3v) is 3.59. The zero-order chi connectivity index (χ0) is 12.5. The summed E-state index contributed by atoms with van der Waals surface area (Å²) in [5.74, 6) is 0. The van der Waals surface area contributed by atoms with E-state index < -0.39 is 0 Å². The van der Waals surface area contributed by atoms with Crippen molar-refractivity contribution in [3.8, 4) is 10.6 Å². The summed E-state index contributed by atoms with van der Waals surface area (Å²) >= 11 is 1.57. The molecule has 0 amide bonds. The van der Waals surface area contributed by atoms with Gasteiger partial charge >= 0.3 is 0 Å². The minimum atomic E-state index is 0.102. The molecule has 0 spiro atoms. The Morgan fingerprint density at radius 2 is 1.88 bits per heavy atom. The summed E-state index contributed by atoms with van der Waals surface area (Å²) in [5.41, 5.74) is 8.13. The monoisotopic (exact) mass is 247 g/mol. The van der Waals surface area contributed by atoms with Gasteiger partial charge in [0.15, 0.2) is 0 Å². The normalized spacial score (nSPS) is 11.8. The van der Waals surface area contributed by atoms with Crippen molar-refractivity contribution in [2.24, 2.45) is 5.73 Å². The molecule has 2 aromatic rings. The van der Waals surface area contributed by atoms with Crippen LogP contribution in [0.2, 0.25) is 0 Å². The summed E-state index contributed by atoms with van der Waals surface area (Å²) in [4.78, 5) is 0. The van der Waals surface area contributed by atoms with Crippen LogP contribution in [0.4, 0.5) is 0 Å². The van der Waals surface area contributed by atoms with Gasteiger partial charge in [0, 0.05) is 12.1 Å². The Hall–Kier alpha value is -1.26. The highest BCUT2D eigenvalue weighted by Gasteiger charge is 2.20. The first-order valence-electron chi connectivity index (χ1n) is 5.64. The maximum atomic E-state index is 5.57. The highest BCUT2D eigenvalue weighted by molar-refractivity contribution is 7.14. The van der Waals surface area contributed by atoms with Crippen LogP contribution in [0.3, 0.4) is 0 Å². The van der Waals surface area contributed by atoms with Gasteiger partial charge in [-0.25, -0.2) is 0 Å². The van der Waals surface area contributed by atoms with Crippen LogP contribution in [0.25, 0.3) is 10.6 Å². The molecule has 1 aromatic carbocycles. The molecule has 0 radical (unpaired) electrons. The maximum absolute atomic E-state index is 5.57. The Labute approximate surface area is 106 Å². The Morgan fingerprint density at radius 1 is 1.18 bits per heavy atom. The van der Waals surface area contributed by atoms with Crippen molar-refractivity contribution in [2.45, 2.75) is 32.7 Å². The average molecular weight is 247 g/mol. The van der Waals surface area contributed by atoms with E-state index in [4.69, 9.17) is 5.73 Å². The van der Waals surface area contributed by atoms with E-state index in [1.54, 1.807) is 11.3 Å². The third kappa shape index (κ3) is 2.53. The first-order valence-corrected chi connectivity index (χ1v) is 6.46. The van der Waals surface area contributed by atoms with Crippen LogP contribution in [0.5, 0.6) is 0 Å². The molecule has 0 aliphatic rings. The van der Waals surface area contributed by atoms with Crippen LogP contribution in [0.1, 0.15) is 31.3 Å². The van der Waals surface area contributed by atoms with Crippen molar-refractivity contribution in [3.63, 3.8) is 0 Å². The number of hydrogen-bond acceptors (Lipinski definition) is 4. The van der Waals surface area contributed by atoms with Gasteiger partial charge in [-0.15, -0.1) is 10.2 Å². The predicted molar refractivity (Wildman–Crippen MR) is 71.9 cm³/mol. The third-order valence-electron chi connectivity index (χ3n) is 2.61. The summed E-state index contributed by atoms with van der Waals surface area (Å²) in [6.07, 6.45) is 0. The fraction of sp³-hybridized carbons (Fsp3) is 0.385. The SMILES string of the molecule is CC(C)(C)c1ccccc1-c1nnc(CN)s1.